The number of amides is 2. The molecule has 152 valence electrons. The van der Waals surface area contributed by atoms with E-state index in [2.05, 4.69) is 22.5 Å². The van der Waals surface area contributed by atoms with E-state index in [-0.39, 0.29) is 18.2 Å². The minimum Gasteiger partial charge on any atom is -0.550 e. The molecule has 0 radical (unpaired) electrons. The molecule has 0 spiro atoms. The molecule has 0 aliphatic carbocycles. The predicted octanol–water partition coefficient (Wildman–Crippen LogP) is 2.86. The number of carbonyl (C=O) groups excluding carboxylic acids is 3. The van der Waals surface area contributed by atoms with E-state index in [1.807, 2.05) is 18.2 Å². The second-order valence-electron chi connectivity index (χ2n) is 6.58. The Kier molecular flexibility index (Phi) is 6.92. The lowest BCUT2D eigenvalue weighted by Gasteiger charge is -2.14. The number of carboxylic acids is 1. The number of carbonyl (C=O) groups is 3. The highest BCUT2D eigenvalue weighted by atomic mass is 79.9. The smallest absolute Gasteiger partial charge is 0.267 e. The zero-order chi connectivity index (χ0) is 21.1. The summed E-state index contributed by atoms with van der Waals surface area (Å²) in [5, 5.41) is 10.5. The van der Waals surface area contributed by atoms with Gasteiger partial charge >= 0.3 is 0 Å². The number of thioether (sulfide) groups is 1. The Labute approximate surface area is 186 Å². The molecule has 9 heteroatoms. The van der Waals surface area contributed by atoms with Gasteiger partial charge in [0, 0.05) is 29.1 Å². The molecule has 0 atom stereocenters. The SMILES string of the molecule is C=CCN1C(=O)/C(=C2\SC(=S)N(CCCCCC(=O)[O-])C2=O)c2cc(Br)ccc21. The minimum absolute atomic E-state index is 0.00173. The van der Waals surface area contributed by atoms with Crippen LogP contribution in [0.1, 0.15) is 31.2 Å². The number of thiocarbonyl (C=S) groups is 1. The number of unbranched alkanes of at least 4 members (excludes halogenated alkanes) is 2. The molecule has 0 unspecified atom stereocenters. The van der Waals surface area contributed by atoms with Crippen molar-refractivity contribution in [3.8, 4) is 0 Å². The lowest BCUT2D eigenvalue weighted by atomic mass is 10.1. The second kappa shape index (κ2) is 9.23. The number of nitrogens with zero attached hydrogens (tertiary/aromatic N) is 2. The van der Waals surface area contributed by atoms with Crippen molar-refractivity contribution in [3.05, 3.63) is 45.8 Å². The number of carboxylic acid groups (broad SMARTS) is 1. The van der Waals surface area contributed by atoms with E-state index in [0.29, 0.717) is 52.7 Å². The molecule has 0 N–H and O–H groups in total. The van der Waals surface area contributed by atoms with Crippen LogP contribution in [0, 0.1) is 0 Å². The van der Waals surface area contributed by atoms with Crippen molar-refractivity contribution in [2.45, 2.75) is 25.7 Å². The molecule has 2 heterocycles. The number of aliphatic carboxylic acids is 1. The maximum absolute atomic E-state index is 13.1. The third-order valence-corrected chi connectivity index (χ3v) is 6.57. The maximum atomic E-state index is 13.1. The number of hydrogen-bond donors (Lipinski definition) is 0. The highest BCUT2D eigenvalue weighted by molar-refractivity contribution is 9.10. The summed E-state index contributed by atoms with van der Waals surface area (Å²) in [6.45, 7) is 4.45. The lowest BCUT2D eigenvalue weighted by molar-refractivity contribution is -0.305. The van der Waals surface area contributed by atoms with Gasteiger partial charge in [-0.15, -0.1) is 6.58 Å². The quantitative estimate of drug-likeness (QED) is 0.239. The zero-order valence-electron chi connectivity index (χ0n) is 15.5. The topological polar surface area (TPSA) is 80.8 Å². The highest BCUT2D eigenvalue weighted by Crippen LogP contribution is 2.45. The normalized spacial score (nSPS) is 18.6. The Morgan fingerprint density at radius 3 is 2.66 bits per heavy atom. The zero-order valence-corrected chi connectivity index (χ0v) is 18.7. The van der Waals surface area contributed by atoms with Gasteiger partial charge in [-0.25, -0.2) is 0 Å². The maximum Gasteiger partial charge on any atom is 0.267 e. The van der Waals surface area contributed by atoms with Crippen LogP contribution in [0.25, 0.3) is 5.57 Å². The van der Waals surface area contributed by atoms with E-state index in [0.717, 1.165) is 21.9 Å². The second-order valence-corrected chi connectivity index (χ2v) is 9.14. The van der Waals surface area contributed by atoms with Crippen molar-refractivity contribution in [3.63, 3.8) is 0 Å². The van der Waals surface area contributed by atoms with E-state index in [4.69, 9.17) is 12.2 Å². The predicted molar refractivity (Wildman–Crippen MR) is 119 cm³/mol. The van der Waals surface area contributed by atoms with Gasteiger partial charge in [0.1, 0.15) is 4.32 Å². The van der Waals surface area contributed by atoms with Gasteiger partial charge in [-0.05, 0) is 37.5 Å². The van der Waals surface area contributed by atoms with Gasteiger partial charge in [0.2, 0.25) is 0 Å². The van der Waals surface area contributed by atoms with Gasteiger partial charge in [0.15, 0.2) is 0 Å². The number of hydrogen-bond acceptors (Lipinski definition) is 6. The number of benzene rings is 1. The first-order valence-corrected chi connectivity index (χ1v) is 11.1. The van der Waals surface area contributed by atoms with Crippen molar-refractivity contribution >= 4 is 73.3 Å². The Balaban J connectivity index is 1.85. The van der Waals surface area contributed by atoms with Crippen LogP contribution in [0.15, 0.2) is 40.2 Å². The van der Waals surface area contributed by atoms with E-state index < -0.39 is 5.97 Å². The van der Waals surface area contributed by atoms with Crippen molar-refractivity contribution < 1.29 is 19.5 Å². The molecule has 1 aromatic carbocycles. The fraction of sp³-hybridized carbons (Fsp3) is 0.300. The average molecular weight is 494 g/mol. The van der Waals surface area contributed by atoms with E-state index in [1.54, 1.807) is 11.0 Å². The Bertz CT molecular complexity index is 944. The summed E-state index contributed by atoms with van der Waals surface area (Å²) in [6, 6.07) is 5.52. The van der Waals surface area contributed by atoms with Crippen molar-refractivity contribution in [1.29, 1.82) is 0 Å². The molecule has 0 bridgehead atoms. The van der Waals surface area contributed by atoms with Gasteiger partial charge in [0.05, 0.1) is 16.2 Å². The third-order valence-electron chi connectivity index (χ3n) is 4.63. The molecule has 2 aliphatic heterocycles. The van der Waals surface area contributed by atoms with Gasteiger partial charge in [-0.3, -0.25) is 14.5 Å². The van der Waals surface area contributed by atoms with Crippen LogP contribution < -0.4 is 10.0 Å². The van der Waals surface area contributed by atoms with Crippen LogP contribution in [-0.4, -0.2) is 40.1 Å². The number of halogens is 1. The van der Waals surface area contributed by atoms with Crippen LogP contribution >= 0.6 is 39.9 Å². The first kappa shape index (κ1) is 21.7. The number of rotatable bonds is 8. The molecule has 29 heavy (non-hydrogen) atoms. The molecule has 3 rings (SSSR count). The first-order valence-electron chi connectivity index (χ1n) is 9.05. The van der Waals surface area contributed by atoms with E-state index in [1.165, 1.54) is 4.90 Å². The van der Waals surface area contributed by atoms with Crippen LogP contribution in [0.4, 0.5) is 5.69 Å². The summed E-state index contributed by atoms with van der Waals surface area (Å²) in [5.41, 5.74) is 1.79. The van der Waals surface area contributed by atoms with Gasteiger partial charge in [0.25, 0.3) is 11.8 Å². The third kappa shape index (κ3) is 4.46. The summed E-state index contributed by atoms with van der Waals surface area (Å²) >= 11 is 9.94. The molecule has 1 fully saturated rings. The number of fused-ring (bicyclic) bond motifs is 1. The summed E-state index contributed by atoms with van der Waals surface area (Å²) in [6.07, 6.45) is 3.42. The Morgan fingerprint density at radius 2 is 1.97 bits per heavy atom. The lowest BCUT2D eigenvalue weighted by Crippen LogP contribution is -2.30. The molecular weight excluding hydrogens is 476 g/mol. The van der Waals surface area contributed by atoms with Crippen LogP contribution in [-0.2, 0) is 14.4 Å². The van der Waals surface area contributed by atoms with E-state index >= 15 is 0 Å². The molecule has 2 aliphatic rings. The van der Waals surface area contributed by atoms with Gasteiger partial charge in [-0.2, -0.15) is 0 Å². The fourth-order valence-corrected chi connectivity index (χ4v) is 5.03. The standard InChI is InChI=1S/C20H19BrN2O4S2/c1-2-9-22-14-8-7-12(21)11-13(14)16(18(22)26)17-19(27)23(20(28)29-17)10-5-3-4-6-15(24)25/h2,7-8,11H,1,3-6,9-10H2,(H,24,25)/p-1/b17-16-. The Morgan fingerprint density at radius 1 is 1.21 bits per heavy atom. The van der Waals surface area contributed by atoms with Crippen LogP contribution in [0.2, 0.25) is 0 Å². The van der Waals surface area contributed by atoms with Crippen LogP contribution in [0.5, 0.6) is 0 Å². The molecule has 6 nitrogen and oxygen atoms in total. The molecule has 0 saturated carbocycles. The fourth-order valence-electron chi connectivity index (χ4n) is 3.29. The van der Waals surface area contributed by atoms with Gasteiger partial charge < -0.3 is 14.8 Å². The summed E-state index contributed by atoms with van der Waals surface area (Å²) < 4.78 is 1.22. The largest absolute Gasteiger partial charge is 0.550 e. The molecule has 0 aromatic heterocycles. The molecule has 2 amide bonds. The van der Waals surface area contributed by atoms with Crippen molar-refractivity contribution in [2.24, 2.45) is 0 Å². The summed E-state index contributed by atoms with van der Waals surface area (Å²) in [7, 11) is 0. The van der Waals surface area contributed by atoms with Crippen molar-refractivity contribution in [1.82, 2.24) is 4.90 Å². The first-order chi connectivity index (χ1) is 13.8. The summed E-state index contributed by atoms with van der Waals surface area (Å²) in [5.74, 6) is -1.60. The Hall–Kier alpha value is -1.97. The van der Waals surface area contributed by atoms with Crippen molar-refractivity contribution in [2.75, 3.05) is 18.0 Å². The highest BCUT2D eigenvalue weighted by Gasteiger charge is 2.41. The average Bonchev–Trinajstić information content (AvgIpc) is 3.08. The van der Waals surface area contributed by atoms with E-state index in [9.17, 15) is 19.5 Å². The number of anilines is 1. The molecule has 1 aromatic rings. The summed E-state index contributed by atoms with van der Waals surface area (Å²) in [4.78, 5) is 40.0. The molecular formula is C20H18BrN2O4S2-. The monoisotopic (exact) mass is 493 g/mol. The van der Waals surface area contributed by atoms with Gasteiger partial charge in [-0.1, -0.05) is 52.4 Å². The molecule has 1 saturated heterocycles. The minimum atomic E-state index is -1.08. The van der Waals surface area contributed by atoms with Crippen LogP contribution in [0.3, 0.4) is 0 Å².